The molecule has 0 spiro atoms. The number of nitrogens with one attached hydrogen (secondary N) is 1. The fourth-order valence-corrected chi connectivity index (χ4v) is 0.633. The van der Waals surface area contributed by atoms with E-state index >= 15 is 0 Å². The first-order valence-electron chi connectivity index (χ1n) is 3.73. The summed E-state index contributed by atoms with van der Waals surface area (Å²) in [7, 11) is 0. The van der Waals surface area contributed by atoms with Crippen molar-refractivity contribution >= 4 is 11.9 Å². The zero-order valence-electron chi connectivity index (χ0n) is 7.26. The summed E-state index contributed by atoms with van der Waals surface area (Å²) in [5.74, 6) is -1.59. The lowest BCUT2D eigenvalue weighted by Gasteiger charge is -2.20. The second kappa shape index (κ2) is 4.06. The quantitative estimate of drug-likeness (QED) is 0.508. The molecule has 5 nitrogen and oxygen atoms in total. The average molecular weight is 174 g/mol. The van der Waals surface area contributed by atoms with Crippen LogP contribution in [0.5, 0.6) is 0 Å². The van der Waals surface area contributed by atoms with Crippen LogP contribution in [0.2, 0.25) is 0 Å². The van der Waals surface area contributed by atoms with Gasteiger partial charge in [0.2, 0.25) is 5.91 Å². The van der Waals surface area contributed by atoms with Crippen molar-refractivity contribution in [3.63, 3.8) is 0 Å². The van der Waals surface area contributed by atoms with Crippen molar-refractivity contribution in [1.29, 1.82) is 0 Å². The summed E-state index contributed by atoms with van der Waals surface area (Å²) in [6.45, 7) is 3.07. The van der Waals surface area contributed by atoms with Crippen molar-refractivity contribution in [2.24, 2.45) is 5.73 Å². The van der Waals surface area contributed by atoms with Crippen LogP contribution in [0.3, 0.4) is 0 Å². The third-order valence-corrected chi connectivity index (χ3v) is 1.32. The minimum Gasteiger partial charge on any atom is -0.479 e. The molecule has 0 bridgehead atoms. The van der Waals surface area contributed by atoms with Crippen LogP contribution >= 0.6 is 0 Å². The lowest BCUT2D eigenvalue weighted by Crippen LogP contribution is -2.59. The number of carbonyl (C=O) groups is 2. The molecule has 0 aromatic heterocycles. The molecule has 0 saturated carbocycles. The number of hydrogen-bond donors (Lipinski definition) is 3. The second-order valence-corrected chi connectivity index (χ2v) is 2.81. The van der Waals surface area contributed by atoms with Gasteiger partial charge in [0.1, 0.15) is 0 Å². The van der Waals surface area contributed by atoms with Crippen LogP contribution in [-0.4, -0.2) is 22.6 Å². The van der Waals surface area contributed by atoms with E-state index in [-0.39, 0.29) is 5.91 Å². The van der Waals surface area contributed by atoms with Gasteiger partial charge in [0, 0.05) is 6.42 Å². The van der Waals surface area contributed by atoms with Crippen molar-refractivity contribution in [2.45, 2.75) is 32.4 Å². The van der Waals surface area contributed by atoms with Crippen molar-refractivity contribution in [2.75, 3.05) is 0 Å². The molecule has 4 N–H and O–H groups in total. The van der Waals surface area contributed by atoms with Crippen LogP contribution in [0.4, 0.5) is 0 Å². The Balaban J connectivity index is 4.06. The highest BCUT2D eigenvalue weighted by Gasteiger charge is 2.29. The Morgan fingerprint density at radius 3 is 2.42 bits per heavy atom. The summed E-state index contributed by atoms with van der Waals surface area (Å²) in [5, 5.41) is 10.7. The Morgan fingerprint density at radius 1 is 1.58 bits per heavy atom. The van der Waals surface area contributed by atoms with Crippen molar-refractivity contribution < 1.29 is 14.7 Å². The Kier molecular flexibility index (Phi) is 3.69. The summed E-state index contributed by atoms with van der Waals surface area (Å²) < 4.78 is 0. The summed E-state index contributed by atoms with van der Waals surface area (Å²) in [6.07, 6.45) is 0.960. The average Bonchev–Trinajstić information content (AvgIpc) is 1.85. The van der Waals surface area contributed by atoms with E-state index in [1.807, 2.05) is 6.92 Å². The summed E-state index contributed by atoms with van der Waals surface area (Å²) in [6, 6.07) is 0. The van der Waals surface area contributed by atoms with E-state index in [2.05, 4.69) is 5.32 Å². The van der Waals surface area contributed by atoms with E-state index in [4.69, 9.17) is 10.8 Å². The molecule has 12 heavy (non-hydrogen) atoms. The highest BCUT2D eigenvalue weighted by Crippen LogP contribution is 1.95. The molecular weight excluding hydrogens is 160 g/mol. The summed E-state index contributed by atoms with van der Waals surface area (Å²) >= 11 is 0. The first-order chi connectivity index (χ1) is 5.40. The molecule has 0 aromatic carbocycles. The molecular formula is C7H14N2O3. The van der Waals surface area contributed by atoms with Crippen molar-refractivity contribution in [3.8, 4) is 0 Å². The number of carbonyl (C=O) groups excluding carboxylic acids is 1. The van der Waals surface area contributed by atoms with Gasteiger partial charge >= 0.3 is 5.97 Å². The van der Waals surface area contributed by atoms with Crippen LogP contribution in [0.1, 0.15) is 26.7 Å². The number of rotatable bonds is 4. The number of amides is 1. The third-order valence-electron chi connectivity index (χ3n) is 1.32. The van der Waals surface area contributed by atoms with Gasteiger partial charge in [0.25, 0.3) is 0 Å². The Bertz CT molecular complexity index is 189. The number of carboxylic acids is 1. The third kappa shape index (κ3) is 3.34. The standard InChI is InChI=1S/C7H14N2O3/c1-3-4-5(10)9-7(2,8)6(11)12/h3-4,8H2,1-2H3,(H,9,10)(H,11,12)/t7-/m1/s1. The van der Waals surface area contributed by atoms with Gasteiger partial charge in [-0.2, -0.15) is 0 Å². The molecule has 0 radical (unpaired) electrons. The van der Waals surface area contributed by atoms with Gasteiger partial charge in [-0.05, 0) is 13.3 Å². The minimum atomic E-state index is -1.66. The van der Waals surface area contributed by atoms with Crippen LogP contribution in [0.15, 0.2) is 0 Å². The first-order valence-corrected chi connectivity index (χ1v) is 3.73. The van der Waals surface area contributed by atoms with Gasteiger partial charge in [-0.1, -0.05) is 6.92 Å². The zero-order chi connectivity index (χ0) is 9.78. The van der Waals surface area contributed by atoms with Gasteiger partial charge in [-0.15, -0.1) is 0 Å². The van der Waals surface area contributed by atoms with Crippen LogP contribution in [0.25, 0.3) is 0 Å². The molecule has 0 aromatic rings. The molecule has 1 atom stereocenters. The number of nitrogens with two attached hydrogens (primary N) is 1. The largest absolute Gasteiger partial charge is 0.479 e. The fourth-order valence-electron chi connectivity index (χ4n) is 0.633. The molecule has 0 heterocycles. The normalized spacial score (nSPS) is 14.9. The minimum absolute atomic E-state index is 0.292. The molecule has 0 aliphatic carbocycles. The Labute approximate surface area is 70.9 Å². The first kappa shape index (κ1) is 10.9. The predicted octanol–water partition coefficient (Wildman–Crippen LogP) is -0.338. The molecule has 1 amide bonds. The molecule has 0 aliphatic rings. The van der Waals surface area contributed by atoms with Gasteiger partial charge < -0.3 is 10.4 Å². The highest BCUT2D eigenvalue weighted by molar-refractivity contribution is 5.85. The van der Waals surface area contributed by atoms with E-state index in [0.717, 1.165) is 0 Å². The number of aliphatic carboxylic acids is 1. The molecule has 5 heteroatoms. The van der Waals surface area contributed by atoms with Gasteiger partial charge in [-0.25, -0.2) is 4.79 Å². The number of carboxylic acid groups (broad SMARTS) is 1. The number of hydrogen-bond acceptors (Lipinski definition) is 3. The maximum absolute atomic E-state index is 10.9. The molecule has 70 valence electrons. The SMILES string of the molecule is CCCC(=O)N[C@@](C)(N)C(=O)O. The van der Waals surface area contributed by atoms with E-state index in [1.165, 1.54) is 6.92 Å². The smallest absolute Gasteiger partial charge is 0.344 e. The van der Waals surface area contributed by atoms with E-state index in [1.54, 1.807) is 0 Å². The maximum Gasteiger partial charge on any atom is 0.344 e. The molecule has 0 saturated heterocycles. The zero-order valence-corrected chi connectivity index (χ0v) is 7.26. The monoisotopic (exact) mass is 174 g/mol. The maximum atomic E-state index is 10.9. The lowest BCUT2D eigenvalue weighted by atomic mass is 10.2. The Morgan fingerprint density at radius 2 is 2.08 bits per heavy atom. The van der Waals surface area contributed by atoms with E-state index in [9.17, 15) is 9.59 Å². The summed E-state index contributed by atoms with van der Waals surface area (Å²) in [4.78, 5) is 21.3. The Hall–Kier alpha value is -1.10. The summed E-state index contributed by atoms with van der Waals surface area (Å²) in [5.41, 5.74) is 3.60. The van der Waals surface area contributed by atoms with E-state index < -0.39 is 11.6 Å². The van der Waals surface area contributed by atoms with Crippen LogP contribution in [0, 0.1) is 0 Å². The molecule has 0 aliphatic heterocycles. The van der Waals surface area contributed by atoms with Gasteiger partial charge in [0.05, 0.1) is 0 Å². The topological polar surface area (TPSA) is 92.4 Å². The van der Waals surface area contributed by atoms with Crippen LogP contribution < -0.4 is 11.1 Å². The molecule has 0 rings (SSSR count). The van der Waals surface area contributed by atoms with E-state index in [0.29, 0.717) is 12.8 Å². The van der Waals surface area contributed by atoms with Gasteiger partial charge in [-0.3, -0.25) is 10.5 Å². The van der Waals surface area contributed by atoms with Gasteiger partial charge in [0.15, 0.2) is 5.66 Å². The van der Waals surface area contributed by atoms with Crippen molar-refractivity contribution in [3.05, 3.63) is 0 Å². The predicted molar refractivity (Wildman–Crippen MR) is 43.3 cm³/mol. The molecule has 0 unspecified atom stereocenters. The van der Waals surface area contributed by atoms with Crippen molar-refractivity contribution in [1.82, 2.24) is 5.32 Å². The van der Waals surface area contributed by atoms with Crippen LogP contribution in [-0.2, 0) is 9.59 Å². The second-order valence-electron chi connectivity index (χ2n) is 2.81. The fraction of sp³-hybridized carbons (Fsp3) is 0.714. The molecule has 0 fully saturated rings. The highest BCUT2D eigenvalue weighted by atomic mass is 16.4. The lowest BCUT2D eigenvalue weighted by molar-refractivity contribution is -0.146.